The molecule has 2 N–H and O–H groups in total. The second-order valence-electron chi connectivity index (χ2n) is 4.89. The zero-order chi connectivity index (χ0) is 17.7. The zero-order valence-corrected chi connectivity index (χ0v) is 12.2. The molecule has 0 aromatic heterocycles. The third kappa shape index (κ3) is 5.01. The van der Waals surface area contributed by atoms with E-state index in [1.54, 1.807) is 0 Å². The number of hydrogen-bond donors (Lipinski definition) is 2. The summed E-state index contributed by atoms with van der Waals surface area (Å²) in [5.41, 5.74) is -0.359. The Kier molecular flexibility index (Phi) is 5.50. The number of carbonyl (C=O) groups excluding carboxylic acids is 1. The lowest BCUT2D eigenvalue weighted by atomic mass is 10.1. The van der Waals surface area contributed by atoms with Gasteiger partial charge in [0.25, 0.3) is 0 Å². The average molecular weight is 349 g/mol. The van der Waals surface area contributed by atoms with Crippen molar-refractivity contribution in [2.24, 2.45) is 0 Å². The first-order valence-corrected chi connectivity index (χ1v) is 6.88. The molecule has 0 spiro atoms. The Morgan fingerprint density at radius 2 is 2.04 bits per heavy atom. The highest BCUT2D eigenvalue weighted by atomic mass is 19.4. The van der Waals surface area contributed by atoms with Crippen molar-refractivity contribution in [3.63, 3.8) is 0 Å². The fourth-order valence-electron chi connectivity index (χ4n) is 2.12. The topological polar surface area (TPSA) is 94.1 Å². The van der Waals surface area contributed by atoms with Crippen LogP contribution >= 0.6 is 0 Å². The van der Waals surface area contributed by atoms with Crippen molar-refractivity contribution in [3.05, 3.63) is 29.8 Å². The van der Waals surface area contributed by atoms with Crippen LogP contribution in [0.3, 0.4) is 0 Å². The van der Waals surface area contributed by atoms with E-state index in [1.165, 1.54) is 12.1 Å². The Labute approximate surface area is 134 Å². The molecule has 0 aliphatic carbocycles. The number of benzene rings is 1. The van der Waals surface area contributed by atoms with Crippen molar-refractivity contribution in [3.8, 4) is 5.75 Å². The van der Waals surface area contributed by atoms with E-state index in [1.807, 2.05) is 5.32 Å². The first-order valence-electron chi connectivity index (χ1n) is 6.88. The van der Waals surface area contributed by atoms with E-state index in [9.17, 15) is 27.9 Å². The summed E-state index contributed by atoms with van der Waals surface area (Å²) in [7, 11) is 0. The molecule has 1 aliphatic rings. The summed E-state index contributed by atoms with van der Waals surface area (Å²) in [5, 5.41) is 11.2. The lowest BCUT2D eigenvalue weighted by Crippen LogP contribution is -2.36. The molecule has 0 radical (unpaired) electrons. The van der Waals surface area contributed by atoms with E-state index in [0.717, 1.165) is 12.1 Å². The average Bonchev–Trinajstić information content (AvgIpc) is 2.96. The number of alkyl carbamates (subject to hydrolysis) is 1. The third-order valence-electron chi connectivity index (χ3n) is 3.13. The van der Waals surface area contributed by atoms with Crippen LogP contribution in [-0.4, -0.2) is 42.8 Å². The quantitative estimate of drug-likeness (QED) is 0.847. The minimum absolute atomic E-state index is 0.179. The molecule has 10 heteroatoms. The number of para-hydroxylation sites is 1. The molecular weight excluding hydrogens is 335 g/mol. The normalized spacial score (nSPS) is 18.7. The Bertz CT molecular complexity index is 600. The fourth-order valence-corrected chi connectivity index (χ4v) is 2.12. The van der Waals surface area contributed by atoms with Crippen molar-refractivity contribution < 1.29 is 42.1 Å². The van der Waals surface area contributed by atoms with Crippen LogP contribution in [-0.2, 0) is 14.3 Å². The van der Waals surface area contributed by atoms with E-state index in [4.69, 9.17) is 9.47 Å². The van der Waals surface area contributed by atoms with E-state index in [2.05, 4.69) is 4.74 Å². The molecule has 1 fully saturated rings. The highest BCUT2D eigenvalue weighted by Gasteiger charge is 2.35. The second kappa shape index (κ2) is 7.39. The Morgan fingerprint density at radius 3 is 2.62 bits per heavy atom. The SMILES string of the molecule is O=C(NC(C(=O)O)c1ccccc1OC(F)(F)F)OC1CCOC1. The number of rotatable bonds is 5. The number of ether oxygens (including phenoxy) is 3. The van der Waals surface area contributed by atoms with E-state index in [0.29, 0.717) is 13.0 Å². The summed E-state index contributed by atoms with van der Waals surface area (Å²) in [6.45, 7) is 0.585. The molecule has 1 amide bonds. The maximum absolute atomic E-state index is 12.4. The minimum Gasteiger partial charge on any atom is -0.479 e. The van der Waals surface area contributed by atoms with E-state index in [-0.39, 0.29) is 12.2 Å². The number of aliphatic carboxylic acids is 1. The molecule has 1 aliphatic heterocycles. The third-order valence-corrected chi connectivity index (χ3v) is 3.13. The number of carboxylic acids is 1. The van der Waals surface area contributed by atoms with Crippen molar-refractivity contribution in [2.45, 2.75) is 24.9 Å². The molecule has 2 unspecified atom stereocenters. The fraction of sp³-hybridized carbons (Fsp3) is 0.429. The molecule has 0 bridgehead atoms. The maximum atomic E-state index is 12.4. The number of carbonyl (C=O) groups is 2. The van der Waals surface area contributed by atoms with Gasteiger partial charge in [0.1, 0.15) is 11.9 Å². The van der Waals surface area contributed by atoms with Gasteiger partial charge in [-0.2, -0.15) is 0 Å². The molecule has 132 valence electrons. The highest BCUT2D eigenvalue weighted by molar-refractivity contribution is 5.82. The standard InChI is InChI=1S/C14H14F3NO6/c15-14(16,17)24-10-4-2-1-3-9(10)11(12(19)20)18-13(21)23-8-5-6-22-7-8/h1-4,8,11H,5-7H2,(H,18,21)(H,19,20). The summed E-state index contributed by atoms with van der Waals surface area (Å²) < 4.78 is 51.0. The predicted octanol–water partition coefficient (Wildman–Crippen LogP) is 2.23. The summed E-state index contributed by atoms with van der Waals surface area (Å²) in [6.07, 6.45) is -6.14. The van der Waals surface area contributed by atoms with Gasteiger partial charge in [0, 0.05) is 12.0 Å². The van der Waals surface area contributed by atoms with Crippen LogP contribution in [0.1, 0.15) is 18.0 Å². The van der Waals surface area contributed by atoms with Gasteiger partial charge in [-0.1, -0.05) is 18.2 Å². The zero-order valence-electron chi connectivity index (χ0n) is 12.2. The van der Waals surface area contributed by atoms with Crippen LogP contribution in [0.25, 0.3) is 0 Å². The Hall–Kier alpha value is -2.49. The Morgan fingerprint density at radius 1 is 1.33 bits per heavy atom. The summed E-state index contributed by atoms with van der Waals surface area (Å²) in [4.78, 5) is 23.1. The van der Waals surface area contributed by atoms with Gasteiger partial charge in [-0.15, -0.1) is 13.2 Å². The monoisotopic (exact) mass is 349 g/mol. The van der Waals surface area contributed by atoms with Crippen LogP contribution in [0.2, 0.25) is 0 Å². The molecule has 1 heterocycles. The van der Waals surface area contributed by atoms with E-state index >= 15 is 0 Å². The van der Waals surface area contributed by atoms with Crippen molar-refractivity contribution in [1.82, 2.24) is 5.32 Å². The largest absolute Gasteiger partial charge is 0.573 e. The summed E-state index contributed by atoms with van der Waals surface area (Å²) in [6, 6.07) is 2.87. The first kappa shape index (κ1) is 17.9. The van der Waals surface area contributed by atoms with Gasteiger partial charge >= 0.3 is 18.4 Å². The first-order chi connectivity index (χ1) is 11.3. The van der Waals surface area contributed by atoms with Gasteiger partial charge in [-0.05, 0) is 6.07 Å². The van der Waals surface area contributed by atoms with E-state index < -0.39 is 36.3 Å². The number of alkyl halides is 3. The molecule has 2 rings (SSSR count). The van der Waals surface area contributed by atoms with Gasteiger partial charge < -0.3 is 24.6 Å². The van der Waals surface area contributed by atoms with Gasteiger partial charge in [-0.25, -0.2) is 9.59 Å². The number of hydrogen-bond acceptors (Lipinski definition) is 5. The van der Waals surface area contributed by atoms with Crippen molar-refractivity contribution in [2.75, 3.05) is 13.2 Å². The molecule has 7 nitrogen and oxygen atoms in total. The van der Waals surface area contributed by atoms with Crippen LogP contribution in [0.5, 0.6) is 5.75 Å². The molecule has 24 heavy (non-hydrogen) atoms. The molecular formula is C14H14F3NO6. The summed E-state index contributed by atoms with van der Waals surface area (Å²) >= 11 is 0. The summed E-state index contributed by atoms with van der Waals surface area (Å²) in [5.74, 6) is -2.28. The van der Waals surface area contributed by atoms with Gasteiger partial charge in [0.2, 0.25) is 0 Å². The van der Waals surface area contributed by atoms with Gasteiger partial charge in [-0.3, -0.25) is 0 Å². The molecule has 1 aromatic rings. The van der Waals surface area contributed by atoms with Crippen LogP contribution < -0.4 is 10.1 Å². The molecule has 1 aromatic carbocycles. The number of nitrogens with one attached hydrogen (secondary N) is 1. The maximum Gasteiger partial charge on any atom is 0.573 e. The lowest BCUT2D eigenvalue weighted by molar-refractivity contribution is -0.275. The minimum atomic E-state index is -5.00. The molecule has 1 saturated heterocycles. The van der Waals surface area contributed by atoms with Crippen LogP contribution in [0.15, 0.2) is 24.3 Å². The Balaban J connectivity index is 2.15. The van der Waals surface area contributed by atoms with Gasteiger partial charge in [0.15, 0.2) is 6.04 Å². The molecule has 0 saturated carbocycles. The van der Waals surface area contributed by atoms with Gasteiger partial charge in [0.05, 0.1) is 13.2 Å². The second-order valence-corrected chi connectivity index (χ2v) is 4.89. The van der Waals surface area contributed by atoms with Crippen LogP contribution in [0.4, 0.5) is 18.0 Å². The van der Waals surface area contributed by atoms with Crippen molar-refractivity contribution in [1.29, 1.82) is 0 Å². The number of amides is 1. The molecule has 2 atom stereocenters. The van der Waals surface area contributed by atoms with Crippen LogP contribution in [0, 0.1) is 0 Å². The number of halogens is 3. The number of carboxylic acid groups (broad SMARTS) is 1. The smallest absolute Gasteiger partial charge is 0.479 e. The lowest BCUT2D eigenvalue weighted by Gasteiger charge is -2.20. The van der Waals surface area contributed by atoms with Crippen molar-refractivity contribution >= 4 is 12.1 Å². The highest BCUT2D eigenvalue weighted by Crippen LogP contribution is 2.30. The predicted molar refractivity (Wildman–Crippen MR) is 72.3 cm³/mol.